The van der Waals surface area contributed by atoms with Crippen LogP contribution in [0.15, 0.2) is 194 Å². The minimum Gasteiger partial charge on any atom is -0.310 e. The average Bonchev–Trinajstić information content (AvgIpc) is 3.56. The first-order valence-electron chi connectivity index (χ1n) is 17.4. The first kappa shape index (κ1) is 30.4. The molecule has 0 saturated carbocycles. The van der Waals surface area contributed by atoms with Crippen LogP contribution in [0.2, 0.25) is 0 Å². The van der Waals surface area contributed by atoms with E-state index in [-0.39, 0.29) is 0 Å². The Hall–Kier alpha value is -6.71. The number of aromatic nitrogens is 2. The molecule has 0 radical (unpaired) electrons. The molecular formula is C48H35N3. The van der Waals surface area contributed by atoms with E-state index >= 15 is 0 Å². The number of pyridine rings is 1. The number of benzene rings is 7. The van der Waals surface area contributed by atoms with E-state index in [1.165, 1.54) is 33.0 Å². The lowest BCUT2D eigenvalue weighted by molar-refractivity contribution is 0.979. The first-order chi connectivity index (χ1) is 25.2. The molecule has 3 nitrogen and oxygen atoms in total. The van der Waals surface area contributed by atoms with Crippen molar-refractivity contribution in [1.82, 2.24) is 9.61 Å². The van der Waals surface area contributed by atoms with Crippen molar-refractivity contribution < 1.29 is 0 Å². The van der Waals surface area contributed by atoms with Crippen molar-refractivity contribution in [3.8, 4) is 44.8 Å². The van der Waals surface area contributed by atoms with Crippen LogP contribution in [0.1, 0.15) is 5.56 Å². The van der Waals surface area contributed by atoms with Gasteiger partial charge in [-0.05, 0) is 77.0 Å². The van der Waals surface area contributed by atoms with Gasteiger partial charge in [-0.25, -0.2) is 4.52 Å². The fourth-order valence-corrected chi connectivity index (χ4v) is 7.23. The molecule has 2 heterocycles. The second-order valence-electron chi connectivity index (χ2n) is 12.9. The molecule has 7 aromatic carbocycles. The van der Waals surface area contributed by atoms with Gasteiger partial charge in [0.05, 0.1) is 16.9 Å². The minimum atomic E-state index is 0.976. The molecule has 0 bridgehead atoms. The van der Waals surface area contributed by atoms with Crippen molar-refractivity contribution >= 4 is 33.4 Å². The number of nitrogens with zero attached hydrogens (tertiary/aromatic N) is 3. The van der Waals surface area contributed by atoms with Gasteiger partial charge in [-0.1, -0.05) is 152 Å². The normalized spacial score (nSPS) is 11.2. The number of rotatable bonds is 7. The maximum atomic E-state index is 5.34. The van der Waals surface area contributed by atoms with Crippen molar-refractivity contribution in [3.05, 3.63) is 200 Å². The average molecular weight is 654 g/mol. The highest BCUT2D eigenvalue weighted by atomic mass is 15.2. The predicted molar refractivity (Wildman–Crippen MR) is 214 cm³/mol. The molecule has 0 amide bonds. The lowest BCUT2D eigenvalue weighted by Crippen LogP contribution is -2.10. The summed E-state index contributed by atoms with van der Waals surface area (Å²) in [6, 6.07) is 69.0. The third kappa shape index (κ3) is 5.65. The molecule has 9 aromatic rings. The number of hydrogen-bond acceptors (Lipinski definition) is 2. The van der Waals surface area contributed by atoms with Crippen molar-refractivity contribution in [2.75, 3.05) is 4.90 Å². The van der Waals surface area contributed by atoms with Crippen molar-refractivity contribution in [2.24, 2.45) is 0 Å². The van der Waals surface area contributed by atoms with E-state index in [0.29, 0.717) is 0 Å². The fraction of sp³-hybridized carbons (Fsp3) is 0.0208. The summed E-state index contributed by atoms with van der Waals surface area (Å²) in [7, 11) is 0. The Morgan fingerprint density at radius 1 is 0.412 bits per heavy atom. The van der Waals surface area contributed by atoms with Gasteiger partial charge in [-0.15, -0.1) is 0 Å². The van der Waals surface area contributed by atoms with Crippen LogP contribution in [-0.4, -0.2) is 9.61 Å². The summed E-state index contributed by atoms with van der Waals surface area (Å²) >= 11 is 0. The van der Waals surface area contributed by atoms with Gasteiger partial charge in [0.25, 0.3) is 0 Å². The Labute approximate surface area is 298 Å². The van der Waals surface area contributed by atoms with Gasteiger partial charge in [-0.2, -0.15) is 5.10 Å². The molecule has 3 heteroatoms. The van der Waals surface area contributed by atoms with Crippen molar-refractivity contribution in [2.45, 2.75) is 6.92 Å². The van der Waals surface area contributed by atoms with Crippen LogP contribution in [0.3, 0.4) is 0 Å². The maximum absolute atomic E-state index is 5.34. The molecule has 9 rings (SSSR count). The molecule has 0 aliphatic heterocycles. The van der Waals surface area contributed by atoms with E-state index in [1.54, 1.807) is 0 Å². The quantitative estimate of drug-likeness (QED) is 0.171. The summed E-state index contributed by atoms with van der Waals surface area (Å²) in [4.78, 5) is 2.34. The number of anilines is 3. The molecule has 0 aliphatic rings. The zero-order chi connectivity index (χ0) is 34.1. The Bertz CT molecular complexity index is 2520. The molecule has 0 atom stereocenters. The van der Waals surface area contributed by atoms with E-state index in [1.807, 2.05) is 0 Å². The third-order valence-corrected chi connectivity index (χ3v) is 9.77. The fourth-order valence-electron chi connectivity index (χ4n) is 7.23. The maximum Gasteiger partial charge on any atom is 0.0964 e. The van der Waals surface area contributed by atoms with Crippen LogP contribution in [0.4, 0.5) is 17.1 Å². The zero-order valence-corrected chi connectivity index (χ0v) is 28.3. The largest absolute Gasteiger partial charge is 0.310 e. The van der Waals surface area contributed by atoms with Crippen LogP contribution in [0, 0.1) is 6.92 Å². The van der Waals surface area contributed by atoms with Crippen LogP contribution in [0.5, 0.6) is 0 Å². The molecule has 0 fully saturated rings. The Balaban J connectivity index is 1.19. The van der Waals surface area contributed by atoms with Crippen molar-refractivity contribution in [1.29, 1.82) is 0 Å². The van der Waals surface area contributed by atoms with Gasteiger partial charge in [-0.3, -0.25) is 0 Å². The van der Waals surface area contributed by atoms with Gasteiger partial charge in [0.1, 0.15) is 0 Å². The lowest BCUT2D eigenvalue weighted by Gasteiger charge is -2.26. The van der Waals surface area contributed by atoms with Crippen LogP contribution in [0.25, 0.3) is 61.1 Å². The summed E-state index contributed by atoms with van der Waals surface area (Å²) in [5.41, 5.74) is 14.6. The summed E-state index contributed by atoms with van der Waals surface area (Å²) in [6.07, 6.45) is 0. The SMILES string of the molecule is Cc1c(-c2cccc(N(c3ccc(-c4ccccc4)cc3)c3ccc(-c4ccccc4)cc3)c2)nn2c(-c3ccccc3)cc3ccccc3c12. The highest BCUT2D eigenvalue weighted by Crippen LogP contribution is 2.40. The van der Waals surface area contributed by atoms with Gasteiger partial charge >= 0.3 is 0 Å². The van der Waals surface area contributed by atoms with Crippen LogP contribution < -0.4 is 4.90 Å². The van der Waals surface area contributed by atoms with Crippen LogP contribution >= 0.6 is 0 Å². The van der Waals surface area contributed by atoms with Gasteiger partial charge in [0.15, 0.2) is 0 Å². The second-order valence-corrected chi connectivity index (χ2v) is 12.9. The summed E-state index contributed by atoms with van der Waals surface area (Å²) < 4.78 is 2.14. The summed E-state index contributed by atoms with van der Waals surface area (Å²) in [6.45, 7) is 2.20. The summed E-state index contributed by atoms with van der Waals surface area (Å²) in [5.74, 6) is 0. The molecule has 242 valence electrons. The molecule has 2 aromatic heterocycles. The number of aryl methyl sites for hydroxylation is 1. The van der Waals surface area contributed by atoms with Crippen molar-refractivity contribution in [3.63, 3.8) is 0 Å². The molecule has 0 spiro atoms. The Morgan fingerprint density at radius 3 is 1.49 bits per heavy atom. The molecule has 0 N–H and O–H groups in total. The lowest BCUT2D eigenvalue weighted by atomic mass is 10.0. The molecule has 0 aliphatic carbocycles. The third-order valence-electron chi connectivity index (χ3n) is 9.77. The first-order valence-corrected chi connectivity index (χ1v) is 17.4. The minimum absolute atomic E-state index is 0.976. The van der Waals surface area contributed by atoms with E-state index in [0.717, 1.165) is 50.7 Å². The van der Waals surface area contributed by atoms with Crippen LogP contribution in [-0.2, 0) is 0 Å². The second kappa shape index (κ2) is 13.0. The monoisotopic (exact) mass is 653 g/mol. The molecular weight excluding hydrogens is 619 g/mol. The predicted octanol–water partition coefficient (Wildman–Crippen LogP) is 12.9. The van der Waals surface area contributed by atoms with E-state index in [2.05, 4.69) is 210 Å². The topological polar surface area (TPSA) is 20.5 Å². The van der Waals surface area contributed by atoms with Gasteiger partial charge < -0.3 is 4.90 Å². The van der Waals surface area contributed by atoms with E-state index < -0.39 is 0 Å². The van der Waals surface area contributed by atoms with Gasteiger partial charge in [0.2, 0.25) is 0 Å². The number of fused-ring (bicyclic) bond motifs is 3. The van der Waals surface area contributed by atoms with Gasteiger partial charge in [0, 0.05) is 39.1 Å². The van der Waals surface area contributed by atoms with E-state index in [4.69, 9.17) is 5.10 Å². The Morgan fingerprint density at radius 2 is 0.902 bits per heavy atom. The smallest absolute Gasteiger partial charge is 0.0964 e. The van der Waals surface area contributed by atoms with E-state index in [9.17, 15) is 0 Å². The molecule has 0 unspecified atom stereocenters. The molecule has 0 saturated heterocycles. The zero-order valence-electron chi connectivity index (χ0n) is 28.3. The molecule has 51 heavy (non-hydrogen) atoms. The Kier molecular flexibility index (Phi) is 7.71. The number of hydrogen-bond donors (Lipinski definition) is 0. The highest BCUT2D eigenvalue weighted by molar-refractivity contribution is 6.01. The summed E-state index contributed by atoms with van der Waals surface area (Å²) in [5, 5.41) is 7.75. The highest BCUT2D eigenvalue weighted by Gasteiger charge is 2.19. The standard InChI is InChI=1S/C48H35N3/c1-34-47(49-51-46(39-18-9-4-10-19-39)33-40-20-11-12-23-45(40)48(34)51)41-21-13-22-44(32-41)50(42-28-24-37(25-29-42)35-14-5-2-6-15-35)43-30-26-38(27-31-43)36-16-7-3-8-17-36/h2-33H,1H3.